The van der Waals surface area contributed by atoms with E-state index in [2.05, 4.69) is 4.90 Å². The summed E-state index contributed by atoms with van der Waals surface area (Å²) in [5.41, 5.74) is 0. The summed E-state index contributed by atoms with van der Waals surface area (Å²) in [6.45, 7) is 3.91. The standard InChI is InChI=1S/C18H27N3O6S2/c22-18(15-5-12-28(23,24)14-15)20-10-8-19(9-11-20)13-16-3-4-17(27-16)29(25,26)21-6-1-2-7-21/h3-4,15H,1-2,5-14H2/t15-/m1/s1. The number of amides is 1. The van der Waals surface area contributed by atoms with Crippen molar-refractivity contribution in [2.45, 2.75) is 30.9 Å². The van der Waals surface area contributed by atoms with Crippen LogP contribution in [0.15, 0.2) is 21.6 Å². The van der Waals surface area contributed by atoms with Crippen LogP contribution in [0.2, 0.25) is 0 Å². The normalized spacial score (nSPS) is 26.2. The largest absolute Gasteiger partial charge is 0.447 e. The molecule has 0 aromatic carbocycles. The van der Waals surface area contributed by atoms with E-state index in [0.29, 0.717) is 58.0 Å². The Balaban J connectivity index is 1.30. The van der Waals surface area contributed by atoms with Gasteiger partial charge in [0.05, 0.1) is 24.0 Å². The lowest BCUT2D eigenvalue weighted by Gasteiger charge is -2.35. The molecule has 1 aromatic heterocycles. The van der Waals surface area contributed by atoms with Crippen LogP contribution < -0.4 is 0 Å². The summed E-state index contributed by atoms with van der Waals surface area (Å²) < 4.78 is 55.4. The van der Waals surface area contributed by atoms with Crippen LogP contribution in [0.25, 0.3) is 0 Å². The van der Waals surface area contributed by atoms with Gasteiger partial charge in [-0.15, -0.1) is 0 Å². The highest BCUT2D eigenvalue weighted by atomic mass is 32.2. The molecule has 3 aliphatic rings. The van der Waals surface area contributed by atoms with Gasteiger partial charge in [-0.3, -0.25) is 9.69 Å². The SMILES string of the molecule is O=C([C@@H]1CCS(=O)(=O)C1)N1CCN(Cc2ccc(S(=O)(=O)N3CCCC3)o2)CC1. The van der Waals surface area contributed by atoms with Gasteiger partial charge in [-0.1, -0.05) is 0 Å². The molecule has 0 spiro atoms. The summed E-state index contributed by atoms with van der Waals surface area (Å²) in [6.07, 6.45) is 2.17. The van der Waals surface area contributed by atoms with Gasteiger partial charge in [0.2, 0.25) is 11.0 Å². The average molecular weight is 446 g/mol. The molecule has 0 aliphatic carbocycles. The molecule has 3 fully saturated rings. The minimum atomic E-state index is -3.55. The Hall–Kier alpha value is -1.43. The summed E-state index contributed by atoms with van der Waals surface area (Å²) in [7, 11) is -6.62. The molecule has 29 heavy (non-hydrogen) atoms. The van der Waals surface area contributed by atoms with Crippen LogP contribution in [0, 0.1) is 5.92 Å². The number of hydrogen-bond acceptors (Lipinski definition) is 7. The Morgan fingerprint density at radius 2 is 1.76 bits per heavy atom. The number of rotatable bonds is 5. The number of piperazine rings is 1. The fourth-order valence-corrected chi connectivity index (χ4v) is 7.41. The minimum absolute atomic E-state index is 0.00865. The van der Waals surface area contributed by atoms with Crippen molar-refractivity contribution in [3.8, 4) is 0 Å². The van der Waals surface area contributed by atoms with E-state index in [1.807, 2.05) is 0 Å². The van der Waals surface area contributed by atoms with E-state index in [1.54, 1.807) is 11.0 Å². The van der Waals surface area contributed by atoms with Gasteiger partial charge in [0.15, 0.2) is 9.84 Å². The maximum absolute atomic E-state index is 12.6. The van der Waals surface area contributed by atoms with Crippen LogP contribution in [-0.2, 0) is 31.2 Å². The third kappa shape index (κ3) is 4.52. The number of carbonyl (C=O) groups is 1. The molecule has 0 saturated carbocycles. The highest BCUT2D eigenvalue weighted by Crippen LogP contribution is 2.24. The van der Waals surface area contributed by atoms with Gasteiger partial charge in [-0.25, -0.2) is 16.8 Å². The van der Waals surface area contributed by atoms with Crippen LogP contribution in [-0.4, -0.2) is 87.6 Å². The summed E-state index contributed by atoms with van der Waals surface area (Å²) in [5.74, 6) is 0.180. The zero-order chi connectivity index (χ0) is 20.6. The van der Waals surface area contributed by atoms with Crippen molar-refractivity contribution in [1.82, 2.24) is 14.1 Å². The smallest absolute Gasteiger partial charge is 0.276 e. The first kappa shape index (κ1) is 20.8. The second-order valence-electron chi connectivity index (χ2n) is 8.03. The van der Waals surface area contributed by atoms with Crippen molar-refractivity contribution < 1.29 is 26.0 Å². The van der Waals surface area contributed by atoms with Crippen molar-refractivity contribution >= 4 is 25.8 Å². The second kappa shape index (κ2) is 8.01. The van der Waals surface area contributed by atoms with E-state index < -0.39 is 25.8 Å². The van der Waals surface area contributed by atoms with Gasteiger partial charge in [-0.2, -0.15) is 4.31 Å². The lowest BCUT2D eigenvalue weighted by Crippen LogP contribution is -2.50. The van der Waals surface area contributed by atoms with Gasteiger partial charge in [0.25, 0.3) is 10.0 Å². The van der Waals surface area contributed by atoms with E-state index >= 15 is 0 Å². The molecule has 4 rings (SSSR count). The number of sulfonamides is 1. The highest BCUT2D eigenvalue weighted by Gasteiger charge is 2.36. The highest BCUT2D eigenvalue weighted by molar-refractivity contribution is 7.91. The third-order valence-corrected chi connectivity index (χ3v) is 9.48. The molecule has 1 aromatic rings. The van der Waals surface area contributed by atoms with Crippen LogP contribution >= 0.6 is 0 Å². The Morgan fingerprint density at radius 1 is 1.07 bits per heavy atom. The molecular weight excluding hydrogens is 418 g/mol. The molecule has 1 atom stereocenters. The zero-order valence-electron chi connectivity index (χ0n) is 16.3. The maximum Gasteiger partial charge on any atom is 0.276 e. The predicted molar refractivity (Wildman–Crippen MR) is 105 cm³/mol. The Kier molecular flexibility index (Phi) is 5.75. The first-order chi connectivity index (χ1) is 13.7. The van der Waals surface area contributed by atoms with Crippen LogP contribution in [0.5, 0.6) is 0 Å². The van der Waals surface area contributed by atoms with Crippen LogP contribution in [0.1, 0.15) is 25.0 Å². The van der Waals surface area contributed by atoms with Crippen LogP contribution in [0.4, 0.5) is 0 Å². The van der Waals surface area contributed by atoms with Gasteiger partial charge in [0, 0.05) is 39.3 Å². The average Bonchev–Trinajstić information content (AvgIpc) is 3.42. The van der Waals surface area contributed by atoms with Crippen molar-refractivity contribution in [2.75, 3.05) is 50.8 Å². The molecule has 0 unspecified atom stereocenters. The molecule has 4 heterocycles. The van der Waals surface area contributed by atoms with E-state index in [-0.39, 0.29) is 22.5 Å². The van der Waals surface area contributed by atoms with E-state index in [1.165, 1.54) is 10.4 Å². The number of hydrogen-bond donors (Lipinski definition) is 0. The predicted octanol–water partition coefficient (Wildman–Crippen LogP) is 0.143. The Bertz CT molecular complexity index is 957. The van der Waals surface area contributed by atoms with E-state index in [0.717, 1.165) is 12.8 Å². The molecule has 11 heteroatoms. The molecule has 3 aliphatic heterocycles. The minimum Gasteiger partial charge on any atom is -0.447 e. The fraction of sp³-hybridized carbons (Fsp3) is 0.722. The lowest BCUT2D eigenvalue weighted by molar-refractivity contribution is -0.136. The van der Waals surface area contributed by atoms with Gasteiger partial charge in [-0.05, 0) is 31.4 Å². The Labute approximate surface area is 171 Å². The number of sulfone groups is 1. The van der Waals surface area contributed by atoms with Crippen molar-refractivity contribution in [3.05, 3.63) is 17.9 Å². The van der Waals surface area contributed by atoms with Crippen molar-refractivity contribution in [1.29, 1.82) is 0 Å². The summed E-state index contributed by atoms with van der Waals surface area (Å²) in [4.78, 5) is 16.4. The quantitative estimate of drug-likeness (QED) is 0.634. The molecule has 0 bridgehead atoms. The third-order valence-electron chi connectivity index (χ3n) is 5.94. The molecule has 3 saturated heterocycles. The first-order valence-electron chi connectivity index (χ1n) is 10.0. The molecule has 9 nitrogen and oxygen atoms in total. The van der Waals surface area contributed by atoms with Gasteiger partial charge < -0.3 is 9.32 Å². The molecular formula is C18H27N3O6S2. The fourth-order valence-electron chi connectivity index (χ4n) is 4.23. The lowest BCUT2D eigenvalue weighted by atomic mass is 10.1. The van der Waals surface area contributed by atoms with Crippen LogP contribution in [0.3, 0.4) is 0 Å². The number of nitrogens with zero attached hydrogens (tertiary/aromatic N) is 3. The second-order valence-corrected chi connectivity index (χ2v) is 12.1. The Morgan fingerprint density at radius 3 is 2.38 bits per heavy atom. The first-order valence-corrected chi connectivity index (χ1v) is 13.3. The zero-order valence-corrected chi connectivity index (χ0v) is 18.0. The summed E-state index contributed by atoms with van der Waals surface area (Å²) in [5, 5.41) is -0.00865. The molecule has 0 N–H and O–H groups in total. The molecule has 1 amide bonds. The maximum atomic E-state index is 12.6. The van der Waals surface area contributed by atoms with Crippen molar-refractivity contribution in [2.24, 2.45) is 5.92 Å². The van der Waals surface area contributed by atoms with Gasteiger partial charge in [0.1, 0.15) is 5.76 Å². The van der Waals surface area contributed by atoms with Gasteiger partial charge >= 0.3 is 0 Å². The van der Waals surface area contributed by atoms with E-state index in [4.69, 9.17) is 4.42 Å². The molecule has 0 radical (unpaired) electrons. The molecule has 162 valence electrons. The number of furan rings is 1. The van der Waals surface area contributed by atoms with Crippen molar-refractivity contribution in [3.63, 3.8) is 0 Å². The number of carbonyl (C=O) groups excluding carboxylic acids is 1. The monoisotopic (exact) mass is 445 g/mol. The summed E-state index contributed by atoms with van der Waals surface area (Å²) >= 11 is 0. The van der Waals surface area contributed by atoms with E-state index in [9.17, 15) is 21.6 Å². The summed E-state index contributed by atoms with van der Waals surface area (Å²) in [6, 6.07) is 3.22. The topological polar surface area (TPSA) is 108 Å².